The van der Waals surface area contributed by atoms with Crippen LogP contribution in [0.3, 0.4) is 0 Å². The Morgan fingerprint density at radius 2 is 1.67 bits per heavy atom. The zero-order valence-corrected chi connectivity index (χ0v) is 19.3. The van der Waals surface area contributed by atoms with Crippen LogP contribution in [0.25, 0.3) is 11.4 Å². The smallest absolute Gasteiger partial charge is 0.335 e. The summed E-state index contributed by atoms with van der Waals surface area (Å²) in [4.78, 5) is 31.4. The second-order valence-electron chi connectivity index (χ2n) is 7.77. The average molecular weight is 464 g/mol. The van der Waals surface area contributed by atoms with Gasteiger partial charge in [0.05, 0.1) is 22.8 Å². The van der Waals surface area contributed by atoms with Crippen molar-refractivity contribution in [3.8, 4) is 17.3 Å². The lowest BCUT2D eigenvalue weighted by Gasteiger charge is -2.09. The van der Waals surface area contributed by atoms with E-state index in [1.807, 2.05) is 45.9 Å². The molecule has 0 amide bonds. The number of nitrogens with one attached hydrogen (secondary N) is 1. The van der Waals surface area contributed by atoms with E-state index >= 15 is 0 Å². The number of aromatic nitrogens is 4. The average Bonchev–Trinajstić information content (AvgIpc) is 3.05. The molecule has 2 heterocycles. The molecule has 0 radical (unpaired) electrons. The Morgan fingerprint density at radius 3 is 2.33 bits per heavy atom. The molecule has 8 nitrogen and oxygen atoms in total. The third-order valence-electron chi connectivity index (χ3n) is 5.52. The minimum Gasteiger partial charge on any atom is -0.493 e. The van der Waals surface area contributed by atoms with Gasteiger partial charge >= 0.3 is 5.69 Å². The molecule has 9 heteroatoms. The summed E-state index contributed by atoms with van der Waals surface area (Å²) in [6.45, 7) is 7.77. The van der Waals surface area contributed by atoms with Crippen LogP contribution in [-0.4, -0.2) is 30.7 Å². The largest absolute Gasteiger partial charge is 0.493 e. The Morgan fingerprint density at radius 1 is 1.00 bits per heavy atom. The summed E-state index contributed by atoms with van der Waals surface area (Å²) in [6.07, 6.45) is 1.24. The fourth-order valence-electron chi connectivity index (χ4n) is 3.54. The quantitative estimate of drug-likeness (QED) is 0.445. The van der Waals surface area contributed by atoms with Crippen molar-refractivity contribution < 1.29 is 5.11 Å². The number of aryl methyl sites for hydroxylation is 3. The molecule has 0 atom stereocenters. The monoisotopic (exact) mass is 463 g/mol. The third kappa shape index (κ3) is 4.12. The predicted octanol–water partition coefficient (Wildman–Crippen LogP) is 4.05. The highest BCUT2D eigenvalue weighted by molar-refractivity contribution is 6.30. The minimum atomic E-state index is -0.771. The second kappa shape index (κ2) is 8.55. The highest BCUT2D eigenvalue weighted by Crippen LogP contribution is 2.27. The van der Waals surface area contributed by atoms with Crippen LogP contribution in [0, 0.1) is 27.7 Å². The van der Waals surface area contributed by atoms with Gasteiger partial charge in [-0.05, 0) is 75.2 Å². The molecule has 2 aromatic carbocycles. The Labute approximate surface area is 194 Å². The van der Waals surface area contributed by atoms with Gasteiger partial charge in [0, 0.05) is 11.2 Å². The molecule has 0 saturated heterocycles. The zero-order chi connectivity index (χ0) is 23.9. The Hall–Kier alpha value is -3.91. The molecule has 0 bridgehead atoms. The SMILES string of the molecule is Cc1ccc(-n2nc(C)c(N=Cc3c(O)n(-c4ccc(Cl)cc4)c(=O)[nH]c3=O)c2C)cc1C. The van der Waals surface area contributed by atoms with Gasteiger partial charge in [0.1, 0.15) is 11.3 Å². The van der Waals surface area contributed by atoms with Gasteiger partial charge in [0.2, 0.25) is 5.88 Å². The molecule has 0 fully saturated rings. The lowest BCUT2D eigenvalue weighted by molar-refractivity contribution is 0.430. The van der Waals surface area contributed by atoms with Gasteiger partial charge in [-0.2, -0.15) is 5.10 Å². The summed E-state index contributed by atoms with van der Waals surface area (Å²) in [5, 5.41) is 15.8. The van der Waals surface area contributed by atoms with Crippen LogP contribution in [0.1, 0.15) is 28.1 Å². The van der Waals surface area contributed by atoms with Crippen molar-refractivity contribution in [2.24, 2.45) is 4.99 Å². The van der Waals surface area contributed by atoms with E-state index in [2.05, 4.69) is 15.1 Å². The molecule has 0 aliphatic heterocycles. The molecule has 0 spiro atoms. The maximum Gasteiger partial charge on any atom is 0.335 e. The summed E-state index contributed by atoms with van der Waals surface area (Å²) in [5.41, 5.74) is 3.90. The molecular formula is C24H22ClN5O3. The summed E-state index contributed by atoms with van der Waals surface area (Å²) in [5.74, 6) is -0.522. The molecule has 33 heavy (non-hydrogen) atoms. The molecule has 0 aliphatic carbocycles. The minimum absolute atomic E-state index is 0.151. The fourth-order valence-corrected chi connectivity index (χ4v) is 3.67. The van der Waals surface area contributed by atoms with Crippen molar-refractivity contribution in [2.45, 2.75) is 27.7 Å². The zero-order valence-electron chi connectivity index (χ0n) is 18.5. The molecule has 2 N–H and O–H groups in total. The van der Waals surface area contributed by atoms with Crippen molar-refractivity contribution in [2.75, 3.05) is 0 Å². The van der Waals surface area contributed by atoms with Gasteiger partial charge in [-0.3, -0.25) is 14.8 Å². The van der Waals surface area contributed by atoms with Crippen LogP contribution in [0.4, 0.5) is 5.69 Å². The van der Waals surface area contributed by atoms with E-state index in [4.69, 9.17) is 11.6 Å². The van der Waals surface area contributed by atoms with Gasteiger partial charge in [-0.15, -0.1) is 0 Å². The number of benzene rings is 2. The number of H-pyrrole nitrogens is 1. The molecule has 0 aliphatic rings. The first-order valence-corrected chi connectivity index (χ1v) is 10.6. The van der Waals surface area contributed by atoms with E-state index in [0.29, 0.717) is 22.1 Å². The van der Waals surface area contributed by atoms with E-state index in [-0.39, 0.29) is 5.56 Å². The van der Waals surface area contributed by atoms with Crippen molar-refractivity contribution in [3.63, 3.8) is 0 Å². The summed E-state index contributed by atoms with van der Waals surface area (Å²) in [7, 11) is 0. The molecular weight excluding hydrogens is 442 g/mol. The van der Waals surface area contributed by atoms with Crippen LogP contribution < -0.4 is 11.2 Å². The van der Waals surface area contributed by atoms with Crippen LogP contribution >= 0.6 is 11.6 Å². The predicted molar refractivity (Wildman–Crippen MR) is 129 cm³/mol. The van der Waals surface area contributed by atoms with Gasteiger partial charge in [-0.1, -0.05) is 17.7 Å². The van der Waals surface area contributed by atoms with Gasteiger partial charge in [0.25, 0.3) is 5.56 Å². The first-order chi connectivity index (χ1) is 15.7. The number of aromatic hydroxyl groups is 1. The van der Waals surface area contributed by atoms with Crippen LogP contribution in [0.15, 0.2) is 57.0 Å². The van der Waals surface area contributed by atoms with E-state index in [0.717, 1.165) is 21.5 Å². The molecule has 0 unspecified atom stereocenters. The first-order valence-electron chi connectivity index (χ1n) is 10.2. The third-order valence-corrected chi connectivity index (χ3v) is 5.77. The van der Waals surface area contributed by atoms with Gasteiger partial charge < -0.3 is 5.11 Å². The maximum absolute atomic E-state index is 12.4. The van der Waals surface area contributed by atoms with Gasteiger partial charge in [-0.25, -0.2) is 14.0 Å². The van der Waals surface area contributed by atoms with Crippen molar-refractivity contribution >= 4 is 23.5 Å². The molecule has 4 aromatic rings. The van der Waals surface area contributed by atoms with E-state index < -0.39 is 17.1 Å². The second-order valence-corrected chi connectivity index (χ2v) is 8.20. The number of aromatic amines is 1. The number of halogens is 1. The van der Waals surface area contributed by atoms with E-state index in [9.17, 15) is 14.7 Å². The molecule has 2 aromatic heterocycles. The number of hydrogen-bond donors (Lipinski definition) is 2. The summed E-state index contributed by atoms with van der Waals surface area (Å²) in [6, 6.07) is 12.3. The fraction of sp³-hybridized carbons (Fsp3) is 0.167. The standard InChI is InChI=1S/C24H22ClN5O3/c1-13-5-8-19(11-14(13)2)30-16(4)21(15(3)28-30)26-12-20-22(31)27-24(33)29(23(20)32)18-9-6-17(25)7-10-18/h5-12,32H,1-4H3,(H,27,31,33). The van der Waals surface area contributed by atoms with Gasteiger partial charge in [0.15, 0.2) is 0 Å². The van der Waals surface area contributed by atoms with Crippen molar-refractivity contribution in [1.82, 2.24) is 19.3 Å². The van der Waals surface area contributed by atoms with Crippen LogP contribution in [-0.2, 0) is 0 Å². The van der Waals surface area contributed by atoms with E-state index in [1.54, 1.807) is 28.9 Å². The van der Waals surface area contributed by atoms with Crippen molar-refractivity contribution in [1.29, 1.82) is 0 Å². The maximum atomic E-state index is 12.4. The summed E-state index contributed by atoms with van der Waals surface area (Å²) >= 11 is 5.91. The topological polar surface area (TPSA) is 105 Å². The number of rotatable bonds is 4. The Balaban J connectivity index is 1.79. The lowest BCUT2D eigenvalue weighted by Crippen LogP contribution is -2.31. The lowest BCUT2D eigenvalue weighted by atomic mass is 10.1. The Bertz CT molecular complexity index is 1510. The molecule has 4 rings (SSSR count). The van der Waals surface area contributed by atoms with Crippen LogP contribution in [0.5, 0.6) is 5.88 Å². The van der Waals surface area contributed by atoms with E-state index in [1.165, 1.54) is 11.8 Å². The van der Waals surface area contributed by atoms with Crippen molar-refractivity contribution in [3.05, 3.63) is 96.4 Å². The number of nitrogens with zero attached hydrogens (tertiary/aromatic N) is 4. The normalized spacial score (nSPS) is 11.4. The molecule has 168 valence electrons. The number of aliphatic imine (C=N–C) groups is 1. The van der Waals surface area contributed by atoms with Crippen LogP contribution in [0.2, 0.25) is 5.02 Å². The Kier molecular flexibility index (Phi) is 5.78. The highest BCUT2D eigenvalue weighted by atomic mass is 35.5. The number of hydrogen-bond acceptors (Lipinski definition) is 5. The highest BCUT2D eigenvalue weighted by Gasteiger charge is 2.16. The molecule has 0 saturated carbocycles. The summed E-state index contributed by atoms with van der Waals surface area (Å²) < 4.78 is 2.77. The first kappa shape index (κ1) is 22.3.